The van der Waals surface area contributed by atoms with E-state index in [1.807, 2.05) is 13.0 Å². The van der Waals surface area contributed by atoms with E-state index in [1.165, 1.54) is 6.07 Å². The van der Waals surface area contributed by atoms with Gasteiger partial charge in [-0.15, -0.1) is 0 Å². The Balaban J connectivity index is 1.42. The van der Waals surface area contributed by atoms with Gasteiger partial charge in [-0.2, -0.15) is 13.2 Å². The van der Waals surface area contributed by atoms with Crippen molar-refractivity contribution >= 4 is 5.91 Å². The number of nitrogens with zero attached hydrogens (tertiary/aromatic N) is 3. The van der Waals surface area contributed by atoms with Gasteiger partial charge < -0.3 is 14.2 Å². The molecule has 0 N–H and O–H groups in total. The van der Waals surface area contributed by atoms with Crippen molar-refractivity contribution in [2.45, 2.75) is 32.0 Å². The van der Waals surface area contributed by atoms with Crippen LogP contribution in [0.4, 0.5) is 13.2 Å². The van der Waals surface area contributed by atoms with Gasteiger partial charge in [0.25, 0.3) is 5.91 Å². The van der Waals surface area contributed by atoms with Gasteiger partial charge in [-0.25, -0.2) is 0 Å². The number of morpholine rings is 1. The smallest absolute Gasteiger partial charge is 0.368 e. The molecular weight excluding hydrogens is 423 g/mol. The third-order valence-electron chi connectivity index (χ3n) is 5.33. The molecule has 6 nitrogen and oxygen atoms in total. The number of hydrogen-bond acceptors (Lipinski definition) is 5. The zero-order valence-electron chi connectivity index (χ0n) is 17.4. The number of carbonyl (C=O) groups is 1. The number of aryl methyl sites for hydroxylation is 1. The minimum Gasteiger partial charge on any atom is -0.368 e. The van der Waals surface area contributed by atoms with Crippen LogP contribution in [0.15, 0.2) is 53.2 Å². The molecule has 168 valence electrons. The lowest BCUT2D eigenvalue weighted by Crippen LogP contribution is -2.42. The summed E-state index contributed by atoms with van der Waals surface area (Å²) in [5.41, 5.74) is 2.04. The van der Waals surface area contributed by atoms with Gasteiger partial charge in [-0.05, 0) is 36.1 Å². The van der Waals surface area contributed by atoms with Gasteiger partial charge in [0.2, 0.25) is 5.76 Å². The molecule has 3 aromatic rings. The summed E-state index contributed by atoms with van der Waals surface area (Å²) in [6.45, 7) is 3.05. The molecule has 0 bridgehead atoms. The SMILES string of the molecule is CCc1cc(C(=O)N2CCOC(c3ccc(Cc4cccc(C(F)(F)F)c4)cn3)C2)on1. The Kier molecular flexibility index (Phi) is 6.27. The predicted octanol–water partition coefficient (Wildman–Crippen LogP) is 4.46. The summed E-state index contributed by atoms with van der Waals surface area (Å²) in [5.74, 6) is -0.0430. The number of rotatable bonds is 5. The summed E-state index contributed by atoms with van der Waals surface area (Å²) in [7, 11) is 0. The molecule has 1 aliphatic heterocycles. The van der Waals surface area contributed by atoms with Crippen LogP contribution in [0.2, 0.25) is 0 Å². The van der Waals surface area contributed by atoms with Crippen LogP contribution in [0, 0.1) is 0 Å². The first-order valence-electron chi connectivity index (χ1n) is 10.3. The number of aromatic nitrogens is 2. The second kappa shape index (κ2) is 9.12. The molecular formula is C23H22F3N3O3. The highest BCUT2D eigenvalue weighted by Gasteiger charge is 2.31. The van der Waals surface area contributed by atoms with Crippen molar-refractivity contribution in [3.8, 4) is 0 Å². The van der Waals surface area contributed by atoms with E-state index in [4.69, 9.17) is 9.26 Å². The lowest BCUT2D eigenvalue weighted by molar-refractivity contribution is -0.137. The fourth-order valence-electron chi connectivity index (χ4n) is 3.57. The molecule has 1 amide bonds. The van der Waals surface area contributed by atoms with E-state index < -0.39 is 17.8 Å². The fourth-order valence-corrected chi connectivity index (χ4v) is 3.57. The summed E-state index contributed by atoms with van der Waals surface area (Å²) >= 11 is 0. The van der Waals surface area contributed by atoms with Crippen LogP contribution in [-0.2, 0) is 23.8 Å². The van der Waals surface area contributed by atoms with Gasteiger partial charge in [0.15, 0.2) is 0 Å². The van der Waals surface area contributed by atoms with Crippen LogP contribution in [0.3, 0.4) is 0 Å². The molecule has 32 heavy (non-hydrogen) atoms. The van der Waals surface area contributed by atoms with Gasteiger partial charge in [-0.1, -0.05) is 36.3 Å². The van der Waals surface area contributed by atoms with Crippen LogP contribution >= 0.6 is 0 Å². The maximum absolute atomic E-state index is 12.9. The third kappa shape index (κ3) is 4.99. The zero-order valence-corrected chi connectivity index (χ0v) is 17.4. The lowest BCUT2D eigenvalue weighted by Gasteiger charge is -2.32. The molecule has 0 saturated carbocycles. The number of hydrogen-bond donors (Lipinski definition) is 0. The number of halogens is 3. The van der Waals surface area contributed by atoms with Crippen LogP contribution in [0.5, 0.6) is 0 Å². The van der Waals surface area contributed by atoms with Crippen LogP contribution < -0.4 is 0 Å². The maximum Gasteiger partial charge on any atom is 0.416 e. The predicted molar refractivity (Wildman–Crippen MR) is 109 cm³/mol. The molecule has 3 heterocycles. The normalized spacial score (nSPS) is 16.9. The highest BCUT2D eigenvalue weighted by Crippen LogP contribution is 2.30. The number of ether oxygens (including phenoxy) is 1. The van der Waals surface area contributed by atoms with E-state index in [9.17, 15) is 18.0 Å². The highest BCUT2D eigenvalue weighted by atomic mass is 19.4. The average Bonchev–Trinajstić information content (AvgIpc) is 3.28. The van der Waals surface area contributed by atoms with Gasteiger partial charge in [0, 0.05) is 18.8 Å². The molecule has 1 atom stereocenters. The number of carbonyl (C=O) groups excluding carboxylic acids is 1. The van der Waals surface area contributed by atoms with Gasteiger partial charge >= 0.3 is 6.18 Å². The molecule has 0 spiro atoms. The second-order valence-corrected chi connectivity index (χ2v) is 7.61. The molecule has 1 unspecified atom stereocenters. The first-order valence-corrected chi connectivity index (χ1v) is 10.3. The summed E-state index contributed by atoms with van der Waals surface area (Å²) in [6, 6.07) is 10.5. The molecule has 0 radical (unpaired) electrons. The number of pyridine rings is 1. The van der Waals surface area contributed by atoms with Crippen molar-refractivity contribution in [2.75, 3.05) is 19.7 Å². The first-order chi connectivity index (χ1) is 15.3. The van der Waals surface area contributed by atoms with E-state index in [2.05, 4.69) is 10.1 Å². The van der Waals surface area contributed by atoms with E-state index in [-0.39, 0.29) is 11.7 Å². The molecule has 1 aromatic carbocycles. The summed E-state index contributed by atoms with van der Waals surface area (Å²) in [5, 5.41) is 3.86. The van der Waals surface area contributed by atoms with Crippen molar-refractivity contribution in [1.82, 2.24) is 15.0 Å². The standard InChI is InChI=1S/C23H22F3N3O3/c1-2-18-12-20(32-28-18)22(30)29-8-9-31-21(14-29)19-7-6-16(13-27-19)10-15-4-3-5-17(11-15)23(24,25)26/h3-7,11-13,21H,2,8-10,14H2,1H3. The van der Waals surface area contributed by atoms with Crippen molar-refractivity contribution in [3.63, 3.8) is 0 Å². The topological polar surface area (TPSA) is 68.5 Å². The van der Waals surface area contributed by atoms with Crippen molar-refractivity contribution in [1.29, 1.82) is 0 Å². The molecule has 1 saturated heterocycles. The summed E-state index contributed by atoms with van der Waals surface area (Å²) in [6.07, 6.45) is -2.13. The van der Waals surface area contributed by atoms with Crippen LogP contribution in [0.1, 0.15) is 51.7 Å². The Morgan fingerprint density at radius 2 is 2.03 bits per heavy atom. The largest absolute Gasteiger partial charge is 0.416 e. The van der Waals surface area contributed by atoms with E-state index in [0.717, 1.165) is 23.4 Å². The third-order valence-corrected chi connectivity index (χ3v) is 5.33. The van der Waals surface area contributed by atoms with Gasteiger partial charge in [0.1, 0.15) is 6.10 Å². The molecule has 1 fully saturated rings. The average molecular weight is 445 g/mol. The number of amides is 1. The minimum atomic E-state index is -4.37. The van der Waals surface area contributed by atoms with Crippen LogP contribution in [0.25, 0.3) is 0 Å². The number of benzene rings is 1. The molecule has 0 aliphatic carbocycles. The Morgan fingerprint density at radius 3 is 2.72 bits per heavy atom. The maximum atomic E-state index is 12.9. The Morgan fingerprint density at radius 1 is 1.19 bits per heavy atom. The monoisotopic (exact) mass is 445 g/mol. The van der Waals surface area contributed by atoms with Crippen molar-refractivity contribution in [2.24, 2.45) is 0 Å². The van der Waals surface area contributed by atoms with E-state index in [1.54, 1.807) is 29.3 Å². The minimum absolute atomic E-state index is 0.201. The summed E-state index contributed by atoms with van der Waals surface area (Å²) < 4.78 is 49.7. The van der Waals surface area contributed by atoms with Crippen molar-refractivity contribution < 1.29 is 27.2 Å². The van der Waals surface area contributed by atoms with Crippen molar-refractivity contribution in [3.05, 3.63) is 82.5 Å². The molecule has 1 aliphatic rings. The van der Waals surface area contributed by atoms with Crippen LogP contribution in [-0.4, -0.2) is 40.6 Å². The first kappa shape index (κ1) is 22.0. The molecule has 2 aromatic heterocycles. The van der Waals surface area contributed by atoms with E-state index in [0.29, 0.717) is 43.8 Å². The van der Waals surface area contributed by atoms with Gasteiger partial charge in [-0.3, -0.25) is 9.78 Å². The quantitative estimate of drug-likeness (QED) is 0.580. The van der Waals surface area contributed by atoms with Gasteiger partial charge in [0.05, 0.1) is 30.1 Å². The fraction of sp³-hybridized carbons (Fsp3) is 0.348. The molecule has 4 rings (SSSR count). The number of alkyl halides is 3. The Labute approximate surface area is 183 Å². The van der Waals surface area contributed by atoms with E-state index >= 15 is 0 Å². The highest BCUT2D eigenvalue weighted by molar-refractivity contribution is 5.91. The molecule has 9 heteroatoms. The lowest BCUT2D eigenvalue weighted by atomic mass is 10.0. The second-order valence-electron chi connectivity index (χ2n) is 7.61. The Bertz CT molecular complexity index is 1080. The zero-order chi connectivity index (χ0) is 22.7. The summed E-state index contributed by atoms with van der Waals surface area (Å²) in [4.78, 5) is 18.8. The Hall–Kier alpha value is -3.20.